The molecule has 9 heteroatoms. The van der Waals surface area contributed by atoms with Crippen molar-refractivity contribution in [1.82, 2.24) is 14.7 Å². The van der Waals surface area contributed by atoms with Crippen LogP contribution in [0, 0.1) is 5.92 Å². The zero-order valence-electron chi connectivity index (χ0n) is 18.6. The van der Waals surface area contributed by atoms with Crippen molar-refractivity contribution in [2.75, 3.05) is 46.4 Å². The van der Waals surface area contributed by atoms with Crippen molar-refractivity contribution in [2.45, 2.75) is 18.9 Å². The van der Waals surface area contributed by atoms with Gasteiger partial charge in [0.05, 0.1) is 12.0 Å². The number of methoxy groups -OCH3 is 1. The van der Waals surface area contributed by atoms with Crippen LogP contribution in [0.25, 0.3) is 0 Å². The molecule has 1 atom stereocenters. The molecule has 0 saturated carbocycles. The van der Waals surface area contributed by atoms with Crippen LogP contribution >= 0.6 is 22.9 Å². The highest BCUT2D eigenvalue weighted by Gasteiger charge is 2.36. The minimum absolute atomic E-state index is 0.0536. The van der Waals surface area contributed by atoms with Gasteiger partial charge in [0.2, 0.25) is 5.91 Å². The molecule has 7 nitrogen and oxygen atoms in total. The lowest BCUT2D eigenvalue weighted by Gasteiger charge is -2.40. The standard InChI is InChI=1S/C24H28ClN3O4S/c1-32-24(31)21(18-5-2-3-6-19(18)25)26-12-14-28(15-13-26)22(29)17-8-10-27(11-9-17)23(30)20-7-4-16-33-20/h2-7,16-17,21H,8-15H2,1H3/t21-/m0/s1. The molecule has 0 unspecified atom stereocenters. The maximum atomic E-state index is 13.1. The fourth-order valence-electron chi connectivity index (χ4n) is 4.63. The first-order chi connectivity index (χ1) is 16.0. The molecule has 2 aliphatic heterocycles. The predicted octanol–water partition coefficient (Wildman–Crippen LogP) is 3.31. The third-order valence-electron chi connectivity index (χ3n) is 6.48. The van der Waals surface area contributed by atoms with Gasteiger partial charge in [-0.05, 0) is 35.9 Å². The summed E-state index contributed by atoms with van der Waals surface area (Å²) < 4.78 is 5.05. The second kappa shape index (κ2) is 10.7. The van der Waals surface area contributed by atoms with Crippen LogP contribution in [0.3, 0.4) is 0 Å². The van der Waals surface area contributed by atoms with Crippen molar-refractivity contribution < 1.29 is 19.1 Å². The topological polar surface area (TPSA) is 70.2 Å². The highest BCUT2D eigenvalue weighted by atomic mass is 35.5. The van der Waals surface area contributed by atoms with Gasteiger partial charge in [-0.2, -0.15) is 0 Å². The molecule has 2 aliphatic rings. The quantitative estimate of drug-likeness (QED) is 0.603. The molecule has 4 rings (SSSR count). The van der Waals surface area contributed by atoms with Gasteiger partial charge in [0.15, 0.2) is 0 Å². The van der Waals surface area contributed by atoms with E-state index >= 15 is 0 Å². The first kappa shape index (κ1) is 23.7. The van der Waals surface area contributed by atoms with Crippen molar-refractivity contribution in [2.24, 2.45) is 5.92 Å². The maximum absolute atomic E-state index is 13.1. The lowest BCUT2D eigenvalue weighted by molar-refractivity contribution is -0.149. The Kier molecular flexibility index (Phi) is 7.67. The summed E-state index contributed by atoms with van der Waals surface area (Å²) in [5.41, 5.74) is 0.716. The van der Waals surface area contributed by atoms with Gasteiger partial charge in [-0.15, -0.1) is 11.3 Å². The van der Waals surface area contributed by atoms with Crippen LogP contribution in [0.5, 0.6) is 0 Å². The number of hydrogen-bond donors (Lipinski definition) is 0. The Bertz CT molecular complexity index is 983. The zero-order valence-corrected chi connectivity index (χ0v) is 20.2. The predicted molar refractivity (Wildman–Crippen MR) is 127 cm³/mol. The number of carbonyl (C=O) groups is 3. The van der Waals surface area contributed by atoms with Gasteiger partial charge in [0, 0.05) is 50.2 Å². The van der Waals surface area contributed by atoms with E-state index in [4.69, 9.17) is 16.3 Å². The molecule has 3 heterocycles. The van der Waals surface area contributed by atoms with E-state index in [0.29, 0.717) is 62.7 Å². The van der Waals surface area contributed by atoms with Gasteiger partial charge in [0.25, 0.3) is 5.91 Å². The number of esters is 1. The molecular formula is C24H28ClN3O4S. The molecule has 1 aromatic carbocycles. The van der Waals surface area contributed by atoms with E-state index < -0.39 is 6.04 Å². The molecule has 0 N–H and O–H groups in total. The third-order valence-corrected chi connectivity index (χ3v) is 7.68. The summed E-state index contributed by atoms with van der Waals surface area (Å²) in [6.45, 7) is 3.42. The van der Waals surface area contributed by atoms with E-state index in [1.54, 1.807) is 6.07 Å². The Labute approximate surface area is 202 Å². The summed E-state index contributed by atoms with van der Waals surface area (Å²) in [5.74, 6) is -0.224. The van der Waals surface area contributed by atoms with E-state index in [9.17, 15) is 14.4 Å². The van der Waals surface area contributed by atoms with Crippen LogP contribution in [0.1, 0.15) is 34.1 Å². The van der Waals surface area contributed by atoms with Crippen LogP contribution in [0.4, 0.5) is 0 Å². The highest BCUT2D eigenvalue weighted by molar-refractivity contribution is 7.12. The van der Waals surface area contributed by atoms with Crippen molar-refractivity contribution in [1.29, 1.82) is 0 Å². The smallest absolute Gasteiger partial charge is 0.327 e. The monoisotopic (exact) mass is 489 g/mol. The molecule has 2 amide bonds. The summed E-state index contributed by atoms with van der Waals surface area (Å²) in [6.07, 6.45) is 1.36. The molecule has 0 aliphatic carbocycles. The molecule has 2 aromatic rings. The van der Waals surface area contributed by atoms with Gasteiger partial charge >= 0.3 is 5.97 Å². The largest absolute Gasteiger partial charge is 0.468 e. The Morgan fingerprint density at radius 2 is 1.67 bits per heavy atom. The number of nitrogens with zero attached hydrogens (tertiary/aromatic N) is 3. The van der Waals surface area contributed by atoms with Crippen LogP contribution < -0.4 is 0 Å². The number of hydrogen-bond acceptors (Lipinski definition) is 6. The molecular weight excluding hydrogens is 462 g/mol. The van der Waals surface area contributed by atoms with Crippen molar-refractivity contribution in [3.63, 3.8) is 0 Å². The summed E-state index contributed by atoms with van der Waals surface area (Å²) in [6, 6.07) is 10.4. The Morgan fingerprint density at radius 3 is 2.27 bits per heavy atom. The Hall–Kier alpha value is -2.42. The van der Waals surface area contributed by atoms with Crippen LogP contribution in [0.2, 0.25) is 5.02 Å². The van der Waals surface area contributed by atoms with Crippen molar-refractivity contribution in [3.05, 3.63) is 57.2 Å². The first-order valence-corrected chi connectivity index (χ1v) is 12.4. The van der Waals surface area contributed by atoms with Crippen LogP contribution in [-0.2, 0) is 14.3 Å². The Balaban J connectivity index is 1.33. The normalized spacial score (nSPS) is 18.7. The van der Waals surface area contributed by atoms with Crippen molar-refractivity contribution >= 4 is 40.7 Å². The van der Waals surface area contributed by atoms with Gasteiger partial charge in [-0.25, -0.2) is 4.79 Å². The second-order valence-corrected chi connectivity index (χ2v) is 9.71. The van der Waals surface area contributed by atoms with Crippen molar-refractivity contribution in [3.8, 4) is 0 Å². The summed E-state index contributed by atoms with van der Waals surface area (Å²) >= 11 is 7.81. The van der Waals surface area contributed by atoms with E-state index in [1.165, 1.54) is 18.4 Å². The van der Waals surface area contributed by atoms with Gasteiger partial charge in [-0.1, -0.05) is 35.9 Å². The minimum atomic E-state index is -0.590. The number of halogens is 1. The first-order valence-electron chi connectivity index (χ1n) is 11.2. The fourth-order valence-corrected chi connectivity index (χ4v) is 5.56. The highest BCUT2D eigenvalue weighted by Crippen LogP contribution is 2.30. The SMILES string of the molecule is COC(=O)[C@H](c1ccccc1Cl)N1CCN(C(=O)C2CCN(C(=O)c3cccs3)CC2)CC1. The number of amides is 2. The number of thiophene rings is 1. The van der Waals surface area contributed by atoms with E-state index in [2.05, 4.69) is 0 Å². The third kappa shape index (κ3) is 5.23. The zero-order chi connectivity index (χ0) is 23.4. The van der Waals surface area contributed by atoms with Gasteiger partial charge in [-0.3, -0.25) is 14.5 Å². The van der Waals surface area contributed by atoms with E-state index in [0.717, 1.165) is 4.88 Å². The molecule has 0 spiro atoms. The molecule has 1 aromatic heterocycles. The number of piperazine rings is 1. The number of ether oxygens (including phenoxy) is 1. The summed E-state index contributed by atoms with van der Waals surface area (Å²) in [4.78, 5) is 44.8. The van der Waals surface area contributed by atoms with Crippen LogP contribution in [0.15, 0.2) is 41.8 Å². The second-order valence-electron chi connectivity index (χ2n) is 8.35. The lowest BCUT2D eigenvalue weighted by Crippen LogP contribution is -2.53. The molecule has 2 fully saturated rings. The summed E-state index contributed by atoms with van der Waals surface area (Å²) in [5, 5.41) is 2.43. The fraction of sp³-hybridized carbons (Fsp3) is 0.458. The van der Waals surface area contributed by atoms with Crippen LogP contribution in [-0.4, -0.2) is 78.9 Å². The summed E-state index contributed by atoms with van der Waals surface area (Å²) in [7, 11) is 1.38. The van der Waals surface area contributed by atoms with Gasteiger partial charge in [0.1, 0.15) is 6.04 Å². The number of rotatable bonds is 5. The minimum Gasteiger partial charge on any atom is -0.468 e. The molecule has 0 bridgehead atoms. The number of piperidine rings is 1. The average Bonchev–Trinajstić information content (AvgIpc) is 3.40. The molecule has 0 radical (unpaired) electrons. The maximum Gasteiger partial charge on any atom is 0.327 e. The number of benzene rings is 1. The number of likely N-dealkylation sites (tertiary alicyclic amines) is 1. The average molecular weight is 490 g/mol. The van der Waals surface area contributed by atoms with E-state index in [1.807, 2.05) is 50.4 Å². The molecule has 33 heavy (non-hydrogen) atoms. The number of carbonyl (C=O) groups excluding carboxylic acids is 3. The van der Waals surface area contributed by atoms with Gasteiger partial charge < -0.3 is 14.5 Å². The lowest BCUT2D eigenvalue weighted by atomic mass is 9.94. The molecule has 2 saturated heterocycles. The van der Waals surface area contributed by atoms with E-state index in [-0.39, 0.29) is 23.7 Å². The molecule has 176 valence electrons. The Morgan fingerprint density at radius 1 is 0.970 bits per heavy atom.